The fourth-order valence-electron chi connectivity index (χ4n) is 2.59. The lowest BCUT2D eigenvalue weighted by Gasteiger charge is -2.34. The van der Waals surface area contributed by atoms with Crippen LogP contribution in [0.1, 0.15) is 12.0 Å². The molecule has 1 saturated heterocycles. The molecule has 24 heavy (non-hydrogen) atoms. The molecule has 1 fully saturated rings. The molecule has 8 heteroatoms. The van der Waals surface area contributed by atoms with E-state index in [2.05, 4.69) is 16.0 Å². The van der Waals surface area contributed by atoms with E-state index < -0.39 is 6.04 Å². The predicted octanol–water partition coefficient (Wildman–Crippen LogP) is 0.00912. The van der Waals surface area contributed by atoms with Gasteiger partial charge in [0.1, 0.15) is 5.82 Å². The summed E-state index contributed by atoms with van der Waals surface area (Å²) in [5, 5.41) is 7.88. The van der Waals surface area contributed by atoms with Crippen LogP contribution in [0.5, 0.6) is 0 Å². The molecule has 0 saturated carbocycles. The van der Waals surface area contributed by atoms with Crippen LogP contribution in [0.15, 0.2) is 18.2 Å². The van der Waals surface area contributed by atoms with Crippen LogP contribution in [0.4, 0.5) is 10.1 Å². The number of anilines is 1. The zero-order valence-corrected chi connectivity index (χ0v) is 13.7. The Morgan fingerprint density at radius 3 is 2.79 bits per heavy atom. The number of aryl methyl sites for hydroxylation is 1. The first-order chi connectivity index (χ1) is 11.4. The molecule has 1 aliphatic rings. The van der Waals surface area contributed by atoms with Crippen LogP contribution in [-0.4, -0.2) is 55.3 Å². The molecule has 2 rings (SSSR count). The smallest absolute Gasteiger partial charge is 0.238 e. The lowest BCUT2D eigenvalue weighted by molar-refractivity contribution is -0.135. The first kappa shape index (κ1) is 17.9. The predicted molar refractivity (Wildman–Crippen MR) is 86.8 cm³/mol. The van der Waals surface area contributed by atoms with Crippen LogP contribution in [-0.2, 0) is 14.4 Å². The molecule has 0 spiro atoms. The van der Waals surface area contributed by atoms with Gasteiger partial charge in [-0.1, -0.05) is 0 Å². The number of rotatable bonds is 5. The zero-order chi connectivity index (χ0) is 17.7. The third kappa shape index (κ3) is 4.51. The van der Waals surface area contributed by atoms with Crippen molar-refractivity contribution in [2.75, 3.05) is 32.0 Å². The third-order valence-electron chi connectivity index (χ3n) is 3.91. The van der Waals surface area contributed by atoms with Crippen molar-refractivity contribution in [3.8, 4) is 0 Å². The Morgan fingerprint density at radius 1 is 1.38 bits per heavy atom. The van der Waals surface area contributed by atoms with Gasteiger partial charge in [0.25, 0.3) is 0 Å². The summed E-state index contributed by atoms with van der Waals surface area (Å²) in [5.41, 5.74) is 1.13. The molecule has 7 nitrogen and oxygen atoms in total. The van der Waals surface area contributed by atoms with Gasteiger partial charge >= 0.3 is 0 Å². The monoisotopic (exact) mass is 336 g/mol. The molecule has 1 heterocycles. The second kappa shape index (κ2) is 7.87. The second-order valence-electron chi connectivity index (χ2n) is 5.66. The summed E-state index contributed by atoms with van der Waals surface area (Å²) in [5.74, 6) is -1.22. The molecule has 1 aliphatic heterocycles. The van der Waals surface area contributed by atoms with E-state index in [0.717, 1.165) is 0 Å². The number of nitrogens with zero attached hydrogens (tertiary/aromatic N) is 1. The number of benzene rings is 1. The Balaban J connectivity index is 2.02. The highest BCUT2D eigenvalue weighted by Gasteiger charge is 2.32. The summed E-state index contributed by atoms with van der Waals surface area (Å²) in [7, 11) is 1.50. The van der Waals surface area contributed by atoms with Crippen LogP contribution >= 0.6 is 0 Å². The van der Waals surface area contributed by atoms with Crippen LogP contribution in [0.25, 0.3) is 0 Å². The maximum Gasteiger partial charge on any atom is 0.238 e. The van der Waals surface area contributed by atoms with Gasteiger partial charge in [0.05, 0.1) is 19.0 Å². The second-order valence-corrected chi connectivity index (χ2v) is 5.66. The van der Waals surface area contributed by atoms with Crippen LogP contribution in [0, 0.1) is 12.7 Å². The maximum absolute atomic E-state index is 13.1. The van der Waals surface area contributed by atoms with Crippen LogP contribution < -0.4 is 16.0 Å². The van der Waals surface area contributed by atoms with Gasteiger partial charge in [0.15, 0.2) is 0 Å². The Morgan fingerprint density at radius 2 is 2.12 bits per heavy atom. The molecule has 1 atom stereocenters. The van der Waals surface area contributed by atoms with Crippen molar-refractivity contribution in [3.05, 3.63) is 29.6 Å². The molecular formula is C16H21FN4O3. The normalized spacial score (nSPS) is 18.0. The van der Waals surface area contributed by atoms with E-state index in [1.54, 1.807) is 11.8 Å². The number of carbonyl (C=O) groups excluding carboxylic acids is 3. The fraction of sp³-hybridized carbons (Fsp3) is 0.438. The largest absolute Gasteiger partial charge is 0.359 e. The minimum atomic E-state index is -0.682. The van der Waals surface area contributed by atoms with Gasteiger partial charge in [0.2, 0.25) is 17.7 Å². The summed E-state index contributed by atoms with van der Waals surface area (Å²) in [4.78, 5) is 37.5. The van der Waals surface area contributed by atoms with E-state index in [4.69, 9.17) is 0 Å². The molecule has 1 aromatic rings. The molecule has 0 radical (unpaired) electrons. The summed E-state index contributed by atoms with van der Waals surface area (Å²) in [6.07, 6.45) is -0.00874. The average molecular weight is 336 g/mol. The van der Waals surface area contributed by atoms with E-state index in [1.807, 2.05) is 0 Å². The van der Waals surface area contributed by atoms with Gasteiger partial charge in [-0.3, -0.25) is 19.3 Å². The van der Waals surface area contributed by atoms with E-state index >= 15 is 0 Å². The summed E-state index contributed by atoms with van der Waals surface area (Å²) in [6.45, 7) is 2.57. The van der Waals surface area contributed by atoms with E-state index in [-0.39, 0.29) is 36.5 Å². The number of halogens is 1. The van der Waals surface area contributed by atoms with Gasteiger partial charge in [-0.05, 0) is 30.7 Å². The lowest BCUT2D eigenvalue weighted by Crippen LogP contribution is -2.57. The highest BCUT2D eigenvalue weighted by Crippen LogP contribution is 2.16. The van der Waals surface area contributed by atoms with Crippen LogP contribution in [0.2, 0.25) is 0 Å². The van der Waals surface area contributed by atoms with Crippen LogP contribution in [0.3, 0.4) is 0 Å². The minimum absolute atomic E-state index is 0.00874. The van der Waals surface area contributed by atoms with E-state index in [1.165, 1.54) is 25.2 Å². The van der Waals surface area contributed by atoms with Crippen molar-refractivity contribution in [2.24, 2.45) is 0 Å². The number of amides is 3. The van der Waals surface area contributed by atoms with Gasteiger partial charge in [-0.25, -0.2) is 4.39 Å². The number of hydrogen-bond acceptors (Lipinski definition) is 4. The third-order valence-corrected chi connectivity index (χ3v) is 3.91. The summed E-state index contributed by atoms with van der Waals surface area (Å²) >= 11 is 0. The fourth-order valence-corrected chi connectivity index (χ4v) is 2.59. The minimum Gasteiger partial charge on any atom is -0.359 e. The molecule has 1 aromatic carbocycles. The molecule has 0 unspecified atom stereocenters. The van der Waals surface area contributed by atoms with Crippen molar-refractivity contribution in [1.82, 2.24) is 15.5 Å². The highest BCUT2D eigenvalue weighted by atomic mass is 19.1. The molecule has 0 bridgehead atoms. The zero-order valence-electron chi connectivity index (χ0n) is 13.7. The quantitative estimate of drug-likeness (QED) is 0.706. The van der Waals surface area contributed by atoms with Gasteiger partial charge < -0.3 is 16.0 Å². The van der Waals surface area contributed by atoms with Gasteiger partial charge in [0, 0.05) is 25.8 Å². The standard InChI is InChI=1S/C16H21FN4O3/c1-10-7-11(17)3-4-12(10)20-15(23)9-21-6-5-19-16(24)13(21)8-14(22)18-2/h3-4,7,13H,5-6,8-9H2,1-2H3,(H,18,22)(H,19,24)(H,20,23)/t13-/m1/s1. The Labute approximate surface area is 139 Å². The Hall–Kier alpha value is -2.48. The summed E-state index contributed by atoms with van der Waals surface area (Å²) in [6, 6.07) is 3.41. The Bertz CT molecular complexity index is 650. The topological polar surface area (TPSA) is 90.5 Å². The Kier molecular flexibility index (Phi) is 5.86. The first-order valence-corrected chi connectivity index (χ1v) is 7.69. The van der Waals surface area contributed by atoms with Gasteiger partial charge in [-0.15, -0.1) is 0 Å². The van der Waals surface area contributed by atoms with Gasteiger partial charge in [-0.2, -0.15) is 0 Å². The first-order valence-electron chi connectivity index (χ1n) is 7.69. The van der Waals surface area contributed by atoms with Crippen molar-refractivity contribution < 1.29 is 18.8 Å². The highest BCUT2D eigenvalue weighted by molar-refractivity contribution is 5.94. The lowest BCUT2D eigenvalue weighted by atomic mass is 10.1. The molecule has 3 N–H and O–H groups in total. The number of hydrogen-bond donors (Lipinski definition) is 3. The molecule has 0 aliphatic carbocycles. The summed E-state index contributed by atoms with van der Waals surface area (Å²) < 4.78 is 13.1. The van der Waals surface area contributed by atoms with E-state index in [0.29, 0.717) is 24.3 Å². The van der Waals surface area contributed by atoms with Crippen molar-refractivity contribution in [3.63, 3.8) is 0 Å². The SMILES string of the molecule is CNC(=O)C[C@@H]1C(=O)NCCN1CC(=O)Nc1ccc(F)cc1C. The maximum atomic E-state index is 13.1. The molecular weight excluding hydrogens is 315 g/mol. The van der Waals surface area contributed by atoms with Crippen molar-refractivity contribution in [2.45, 2.75) is 19.4 Å². The molecule has 130 valence electrons. The van der Waals surface area contributed by atoms with E-state index in [9.17, 15) is 18.8 Å². The number of carbonyl (C=O) groups is 3. The van der Waals surface area contributed by atoms with Crippen molar-refractivity contribution >= 4 is 23.4 Å². The number of piperazine rings is 1. The number of nitrogens with one attached hydrogen (secondary N) is 3. The average Bonchev–Trinajstić information content (AvgIpc) is 2.53. The molecule has 0 aromatic heterocycles. The molecule has 3 amide bonds. The van der Waals surface area contributed by atoms with Crippen molar-refractivity contribution in [1.29, 1.82) is 0 Å².